The third kappa shape index (κ3) is 4.30. The van der Waals surface area contributed by atoms with Crippen molar-refractivity contribution >= 4 is 17.5 Å². The van der Waals surface area contributed by atoms with Crippen LogP contribution in [-0.2, 0) is 0 Å². The van der Waals surface area contributed by atoms with E-state index in [0.717, 1.165) is 0 Å². The van der Waals surface area contributed by atoms with Gasteiger partial charge in [-0.05, 0) is 42.8 Å². The topological polar surface area (TPSA) is 80.3 Å². The molecule has 6 heteroatoms. The Kier molecular flexibility index (Phi) is 5.47. The molecule has 0 aliphatic rings. The van der Waals surface area contributed by atoms with Gasteiger partial charge in [0.1, 0.15) is 5.75 Å². The highest BCUT2D eigenvalue weighted by Crippen LogP contribution is 2.21. The molecule has 0 aliphatic heterocycles. The van der Waals surface area contributed by atoms with Gasteiger partial charge in [0.25, 0.3) is 11.8 Å². The Morgan fingerprint density at radius 3 is 2.37 bits per heavy atom. The maximum atomic E-state index is 12.5. The van der Waals surface area contributed by atoms with Crippen LogP contribution in [0.5, 0.6) is 11.6 Å². The molecule has 0 bridgehead atoms. The predicted molar refractivity (Wildman–Crippen MR) is 103 cm³/mol. The molecular weight excluding hydrogens is 342 g/mol. The summed E-state index contributed by atoms with van der Waals surface area (Å²) in [7, 11) is 1.57. The summed E-state index contributed by atoms with van der Waals surface area (Å²) in [6.45, 7) is 1.79. The van der Waals surface area contributed by atoms with Crippen molar-refractivity contribution in [2.75, 3.05) is 12.4 Å². The van der Waals surface area contributed by atoms with Gasteiger partial charge >= 0.3 is 0 Å². The fourth-order valence-corrected chi connectivity index (χ4v) is 2.53. The zero-order valence-electron chi connectivity index (χ0n) is 15.0. The molecule has 0 radical (unpaired) electrons. The van der Waals surface area contributed by atoms with E-state index in [2.05, 4.69) is 15.6 Å². The number of carbonyl (C=O) groups excluding carboxylic acids is 2. The molecule has 136 valence electrons. The number of rotatable bonds is 5. The van der Waals surface area contributed by atoms with Gasteiger partial charge in [-0.3, -0.25) is 9.59 Å². The lowest BCUT2D eigenvalue weighted by Crippen LogP contribution is -2.20. The normalized spacial score (nSPS) is 10.1. The van der Waals surface area contributed by atoms with E-state index in [1.165, 1.54) is 6.20 Å². The molecule has 3 rings (SSSR count). The first-order valence-corrected chi connectivity index (χ1v) is 8.40. The molecule has 0 unspecified atom stereocenters. The van der Waals surface area contributed by atoms with E-state index in [9.17, 15) is 9.59 Å². The number of benzene rings is 2. The summed E-state index contributed by atoms with van der Waals surface area (Å²) in [5.41, 5.74) is 2.17. The maximum Gasteiger partial charge on any atom is 0.257 e. The number of aromatic nitrogens is 1. The molecule has 2 N–H and O–H groups in total. The number of para-hydroxylation sites is 1. The Labute approximate surface area is 157 Å². The monoisotopic (exact) mass is 361 g/mol. The van der Waals surface area contributed by atoms with Gasteiger partial charge < -0.3 is 15.4 Å². The summed E-state index contributed by atoms with van der Waals surface area (Å²) >= 11 is 0. The van der Waals surface area contributed by atoms with E-state index >= 15 is 0 Å². The van der Waals surface area contributed by atoms with Crippen molar-refractivity contribution in [2.45, 2.75) is 6.92 Å². The zero-order chi connectivity index (χ0) is 19.2. The van der Waals surface area contributed by atoms with Crippen LogP contribution in [0, 0.1) is 6.92 Å². The second kappa shape index (κ2) is 8.14. The highest BCUT2D eigenvalue weighted by molar-refractivity contribution is 6.05. The molecule has 2 amide bonds. The molecule has 0 saturated heterocycles. The van der Waals surface area contributed by atoms with Gasteiger partial charge in [0, 0.05) is 30.6 Å². The molecule has 0 saturated carbocycles. The van der Waals surface area contributed by atoms with Crippen LogP contribution in [0.25, 0.3) is 0 Å². The second-order valence-electron chi connectivity index (χ2n) is 5.81. The number of carbonyl (C=O) groups is 2. The standard InChI is InChI=1S/C21H19N3O3/c1-14-17(21(26)22-2)9-6-10-18(14)24-20(25)15-11-12-19(23-13-15)27-16-7-4-3-5-8-16/h3-13H,1-2H3,(H,22,26)(H,24,25). The van der Waals surface area contributed by atoms with Gasteiger partial charge in [0.2, 0.25) is 5.88 Å². The number of nitrogens with one attached hydrogen (secondary N) is 2. The Bertz CT molecular complexity index is 954. The zero-order valence-corrected chi connectivity index (χ0v) is 15.0. The fraction of sp³-hybridized carbons (Fsp3) is 0.0952. The summed E-state index contributed by atoms with van der Waals surface area (Å²) in [5.74, 6) is 0.554. The molecule has 0 atom stereocenters. The molecule has 0 fully saturated rings. The molecule has 3 aromatic rings. The number of pyridine rings is 1. The van der Waals surface area contributed by atoms with Gasteiger partial charge in [-0.15, -0.1) is 0 Å². The third-order valence-electron chi connectivity index (χ3n) is 4.02. The molecule has 2 aromatic carbocycles. The van der Waals surface area contributed by atoms with Gasteiger partial charge in [-0.1, -0.05) is 24.3 Å². The summed E-state index contributed by atoms with van der Waals surface area (Å²) in [5, 5.41) is 5.40. The van der Waals surface area contributed by atoms with Crippen molar-refractivity contribution in [3.05, 3.63) is 83.6 Å². The summed E-state index contributed by atoms with van der Waals surface area (Å²) < 4.78 is 5.62. The van der Waals surface area contributed by atoms with Crippen molar-refractivity contribution < 1.29 is 14.3 Å². The quantitative estimate of drug-likeness (QED) is 0.724. The number of amides is 2. The van der Waals surface area contributed by atoms with Crippen molar-refractivity contribution in [2.24, 2.45) is 0 Å². The van der Waals surface area contributed by atoms with Crippen LogP contribution < -0.4 is 15.4 Å². The van der Waals surface area contributed by atoms with E-state index in [1.54, 1.807) is 44.3 Å². The Morgan fingerprint density at radius 1 is 0.926 bits per heavy atom. The molecule has 0 aliphatic carbocycles. The lowest BCUT2D eigenvalue weighted by atomic mass is 10.1. The van der Waals surface area contributed by atoms with Crippen LogP contribution in [0.2, 0.25) is 0 Å². The molecule has 1 aromatic heterocycles. The highest BCUT2D eigenvalue weighted by Gasteiger charge is 2.13. The number of anilines is 1. The van der Waals surface area contributed by atoms with E-state index in [-0.39, 0.29) is 11.8 Å². The van der Waals surface area contributed by atoms with E-state index < -0.39 is 0 Å². The number of hydrogen-bond acceptors (Lipinski definition) is 4. The van der Waals surface area contributed by atoms with Crippen LogP contribution >= 0.6 is 0 Å². The van der Waals surface area contributed by atoms with Crippen molar-refractivity contribution in [3.63, 3.8) is 0 Å². The molecule has 6 nitrogen and oxygen atoms in total. The Balaban J connectivity index is 1.72. The van der Waals surface area contributed by atoms with E-state index in [0.29, 0.717) is 34.0 Å². The highest BCUT2D eigenvalue weighted by atomic mass is 16.5. The number of ether oxygens (including phenoxy) is 1. The first-order valence-electron chi connectivity index (χ1n) is 8.40. The van der Waals surface area contributed by atoms with Crippen molar-refractivity contribution in [3.8, 4) is 11.6 Å². The van der Waals surface area contributed by atoms with Gasteiger partial charge in [0.05, 0.1) is 5.56 Å². The minimum Gasteiger partial charge on any atom is -0.439 e. The van der Waals surface area contributed by atoms with Gasteiger partial charge in [-0.2, -0.15) is 0 Å². The van der Waals surface area contributed by atoms with Gasteiger partial charge in [-0.25, -0.2) is 4.98 Å². The van der Waals surface area contributed by atoms with Crippen LogP contribution in [0.1, 0.15) is 26.3 Å². The SMILES string of the molecule is CNC(=O)c1cccc(NC(=O)c2ccc(Oc3ccccc3)nc2)c1C. The smallest absolute Gasteiger partial charge is 0.257 e. The predicted octanol–water partition coefficient (Wildman–Crippen LogP) is 3.79. The average Bonchev–Trinajstić information content (AvgIpc) is 2.70. The van der Waals surface area contributed by atoms with Crippen molar-refractivity contribution in [1.82, 2.24) is 10.3 Å². The molecular formula is C21H19N3O3. The van der Waals surface area contributed by atoms with E-state index in [4.69, 9.17) is 4.74 Å². The Morgan fingerprint density at radius 2 is 1.70 bits per heavy atom. The molecule has 0 spiro atoms. The fourth-order valence-electron chi connectivity index (χ4n) is 2.53. The third-order valence-corrected chi connectivity index (χ3v) is 4.02. The largest absolute Gasteiger partial charge is 0.439 e. The van der Waals surface area contributed by atoms with Crippen molar-refractivity contribution in [1.29, 1.82) is 0 Å². The number of hydrogen-bond donors (Lipinski definition) is 2. The minimum absolute atomic E-state index is 0.201. The molecule has 27 heavy (non-hydrogen) atoms. The van der Waals surface area contributed by atoms with Gasteiger partial charge in [0.15, 0.2) is 0 Å². The second-order valence-corrected chi connectivity index (χ2v) is 5.81. The van der Waals surface area contributed by atoms with Crippen LogP contribution in [-0.4, -0.2) is 23.8 Å². The average molecular weight is 361 g/mol. The number of nitrogens with zero attached hydrogens (tertiary/aromatic N) is 1. The lowest BCUT2D eigenvalue weighted by molar-refractivity contribution is 0.0960. The first-order chi connectivity index (χ1) is 13.1. The maximum absolute atomic E-state index is 12.5. The summed E-state index contributed by atoms with van der Waals surface area (Å²) in [6, 6.07) is 17.7. The minimum atomic E-state index is -0.314. The molecule has 1 heterocycles. The Hall–Kier alpha value is -3.67. The summed E-state index contributed by atoms with van der Waals surface area (Å²) in [4.78, 5) is 28.5. The van der Waals surface area contributed by atoms with Crippen LogP contribution in [0.15, 0.2) is 66.9 Å². The lowest BCUT2D eigenvalue weighted by Gasteiger charge is -2.12. The first kappa shape index (κ1) is 18.1. The van der Waals surface area contributed by atoms with Crippen LogP contribution in [0.3, 0.4) is 0 Å². The van der Waals surface area contributed by atoms with E-state index in [1.807, 2.05) is 30.3 Å². The van der Waals surface area contributed by atoms with Crippen LogP contribution in [0.4, 0.5) is 5.69 Å². The summed E-state index contributed by atoms with van der Waals surface area (Å²) in [6.07, 6.45) is 1.45.